The van der Waals surface area contributed by atoms with Gasteiger partial charge in [0.1, 0.15) is 5.82 Å². The smallest absolute Gasteiger partial charge is 0.131 e. The van der Waals surface area contributed by atoms with Gasteiger partial charge in [-0.05, 0) is 59.9 Å². The van der Waals surface area contributed by atoms with Crippen LogP contribution < -0.4 is 0 Å². The first kappa shape index (κ1) is 18.0. The van der Waals surface area contributed by atoms with E-state index in [2.05, 4.69) is 56.3 Å². The van der Waals surface area contributed by atoms with E-state index >= 15 is 0 Å². The van der Waals surface area contributed by atoms with Crippen molar-refractivity contribution in [2.45, 2.75) is 45.4 Å². The number of benzene rings is 3. The maximum absolute atomic E-state index is 14.8. The van der Waals surface area contributed by atoms with Crippen LogP contribution in [0.2, 0.25) is 0 Å². The van der Waals surface area contributed by atoms with E-state index in [0.717, 1.165) is 17.0 Å². The summed E-state index contributed by atoms with van der Waals surface area (Å²) in [5.74, 6) is 1.24. The summed E-state index contributed by atoms with van der Waals surface area (Å²) in [4.78, 5) is 0. The topological polar surface area (TPSA) is 0 Å². The molecule has 0 aliphatic heterocycles. The van der Waals surface area contributed by atoms with Crippen LogP contribution in [0.5, 0.6) is 0 Å². The Labute approximate surface area is 163 Å². The third-order valence-corrected chi connectivity index (χ3v) is 6.06. The van der Waals surface area contributed by atoms with Gasteiger partial charge in [-0.15, -0.1) is 0 Å². The van der Waals surface area contributed by atoms with Crippen LogP contribution in [0.3, 0.4) is 0 Å². The highest BCUT2D eigenvalue weighted by Crippen LogP contribution is 2.37. The first-order chi connectivity index (χ1) is 13.1. The molecule has 0 unspecified atom stereocenters. The van der Waals surface area contributed by atoms with Crippen LogP contribution in [0, 0.1) is 18.7 Å². The molecule has 1 aliphatic carbocycles. The van der Waals surface area contributed by atoms with Crippen LogP contribution in [-0.4, -0.2) is 0 Å². The number of hydrogen-bond acceptors (Lipinski definition) is 0. The van der Waals surface area contributed by atoms with Crippen molar-refractivity contribution in [1.29, 1.82) is 0 Å². The number of halogens is 1. The van der Waals surface area contributed by atoms with Gasteiger partial charge < -0.3 is 0 Å². The highest BCUT2D eigenvalue weighted by atomic mass is 19.1. The zero-order valence-electron chi connectivity index (χ0n) is 16.2. The van der Waals surface area contributed by atoms with E-state index in [9.17, 15) is 4.39 Å². The van der Waals surface area contributed by atoms with Gasteiger partial charge in [0.05, 0.1) is 0 Å². The molecule has 3 aromatic carbocycles. The average Bonchev–Trinajstić information content (AvgIpc) is 2.69. The Hall–Kier alpha value is -2.41. The zero-order chi connectivity index (χ0) is 18.8. The van der Waals surface area contributed by atoms with E-state index in [-0.39, 0.29) is 7.24 Å². The minimum Gasteiger partial charge on any atom is -0.206 e. The first-order valence-corrected chi connectivity index (χ1v) is 10.1. The molecule has 1 saturated carbocycles. The summed E-state index contributed by atoms with van der Waals surface area (Å²) in [7, 11) is 0. The molecular formula is C26H29F. The fourth-order valence-corrected chi connectivity index (χ4v) is 4.20. The summed E-state index contributed by atoms with van der Waals surface area (Å²) in [6, 6.07) is 22.6. The SMILES string of the molecule is Cc1ccc(-c2ccc(-c3ccc(C4CCC(C)CC4)cc3F)cc2)cc1.[HH]. The summed E-state index contributed by atoms with van der Waals surface area (Å²) >= 11 is 0. The van der Waals surface area contributed by atoms with E-state index < -0.39 is 0 Å². The molecule has 0 amide bonds. The van der Waals surface area contributed by atoms with E-state index in [1.807, 2.05) is 18.2 Å². The first-order valence-electron chi connectivity index (χ1n) is 10.1. The molecule has 1 heteroatoms. The van der Waals surface area contributed by atoms with Crippen molar-refractivity contribution in [1.82, 2.24) is 0 Å². The van der Waals surface area contributed by atoms with Gasteiger partial charge >= 0.3 is 0 Å². The average molecular weight is 361 g/mol. The molecule has 3 aromatic rings. The number of hydrogen-bond donors (Lipinski definition) is 0. The van der Waals surface area contributed by atoms with Gasteiger partial charge in [-0.2, -0.15) is 0 Å². The van der Waals surface area contributed by atoms with Gasteiger partial charge in [0.2, 0.25) is 0 Å². The third kappa shape index (κ3) is 3.98. The van der Waals surface area contributed by atoms with E-state index in [0.29, 0.717) is 11.5 Å². The molecule has 0 radical (unpaired) electrons. The Kier molecular flexibility index (Phi) is 5.11. The van der Waals surface area contributed by atoms with E-state index in [1.165, 1.54) is 42.4 Å². The van der Waals surface area contributed by atoms with Gasteiger partial charge in [0, 0.05) is 6.99 Å². The zero-order valence-corrected chi connectivity index (χ0v) is 16.2. The summed E-state index contributed by atoms with van der Waals surface area (Å²) in [5.41, 5.74) is 6.40. The molecule has 1 fully saturated rings. The Morgan fingerprint density at radius 1 is 0.741 bits per heavy atom. The van der Waals surface area contributed by atoms with Crippen molar-refractivity contribution < 1.29 is 5.82 Å². The minimum atomic E-state index is -0.103. The van der Waals surface area contributed by atoms with Crippen molar-refractivity contribution in [3.05, 3.63) is 83.7 Å². The summed E-state index contributed by atoms with van der Waals surface area (Å²) < 4.78 is 14.8. The van der Waals surface area contributed by atoms with Gasteiger partial charge in [-0.25, -0.2) is 4.39 Å². The second kappa shape index (κ2) is 7.68. The van der Waals surface area contributed by atoms with Crippen molar-refractivity contribution in [3.63, 3.8) is 0 Å². The van der Waals surface area contributed by atoms with Crippen molar-refractivity contribution in [3.8, 4) is 22.3 Å². The molecule has 0 atom stereocenters. The lowest BCUT2D eigenvalue weighted by Gasteiger charge is -2.26. The van der Waals surface area contributed by atoms with Crippen molar-refractivity contribution in [2.24, 2.45) is 5.92 Å². The standard InChI is InChI=1S/C26H27F.H2/c1-18-3-7-20(8-4-18)21-11-13-23(14-12-21)25-16-15-24(17-26(25)27)22-9-5-19(2)6-10-22;/h3-4,7-8,11-17,19,22H,5-6,9-10H2,1-2H3;1H. The number of rotatable bonds is 3. The second-order valence-electron chi connectivity index (χ2n) is 8.14. The molecule has 0 saturated heterocycles. The van der Waals surface area contributed by atoms with Gasteiger partial charge in [-0.1, -0.05) is 86.0 Å². The molecule has 0 N–H and O–H groups in total. The largest absolute Gasteiger partial charge is 0.206 e. The summed E-state index contributed by atoms with van der Waals surface area (Å²) in [5, 5.41) is 0. The fraction of sp³-hybridized carbons (Fsp3) is 0.308. The van der Waals surface area contributed by atoms with Gasteiger partial charge in [0.15, 0.2) is 0 Å². The van der Waals surface area contributed by atoms with Crippen LogP contribution >= 0.6 is 0 Å². The predicted octanol–water partition coefficient (Wildman–Crippen LogP) is 8.01. The molecular weight excluding hydrogens is 331 g/mol. The molecule has 27 heavy (non-hydrogen) atoms. The van der Waals surface area contributed by atoms with Crippen molar-refractivity contribution in [2.75, 3.05) is 0 Å². The molecule has 0 bridgehead atoms. The Morgan fingerprint density at radius 2 is 1.30 bits per heavy atom. The lowest BCUT2D eigenvalue weighted by molar-refractivity contribution is 0.347. The lowest BCUT2D eigenvalue weighted by Crippen LogP contribution is -2.11. The quantitative estimate of drug-likeness (QED) is 0.444. The third-order valence-electron chi connectivity index (χ3n) is 6.06. The number of aryl methyl sites for hydroxylation is 1. The Morgan fingerprint density at radius 3 is 1.89 bits per heavy atom. The van der Waals surface area contributed by atoms with E-state index in [4.69, 9.17) is 0 Å². The van der Waals surface area contributed by atoms with Crippen LogP contribution in [0.15, 0.2) is 66.7 Å². The molecule has 0 spiro atoms. The lowest BCUT2D eigenvalue weighted by atomic mass is 9.79. The molecule has 0 nitrogen and oxygen atoms in total. The van der Waals surface area contributed by atoms with Crippen LogP contribution in [0.1, 0.15) is 51.1 Å². The monoisotopic (exact) mass is 360 g/mol. The molecule has 0 heterocycles. The molecule has 1 aliphatic rings. The maximum atomic E-state index is 14.8. The maximum Gasteiger partial charge on any atom is 0.131 e. The van der Waals surface area contributed by atoms with Crippen LogP contribution in [-0.2, 0) is 0 Å². The summed E-state index contributed by atoms with van der Waals surface area (Å²) in [6.07, 6.45) is 4.89. The second-order valence-corrected chi connectivity index (χ2v) is 8.14. The highest BCUT2D eigenvalue weighted by Gasteiger charge is 2.20. The summed E-state index contributed by atoms with van der Waals surface area (Å²) in [6.45, 7) is 4.41. The van der Waals surface area contributed by atoms with Gasteiger partial charge in [-0.3, -0.25) is 0 Å². The van der Waals surface area contributed by atoms with Crippen molar-refractivity contribution >= 4 is 0 Å². The predicted molar refractivity (Wildman–Crippen MR) is 114 cm³/mol. The van der Waals surface area contributed by atoms with Crippen LogP contribution in [0.25, 0.3) is 22.3 Å². The Bertz CT molecular complexity index is 904. The van der Waals surface area contributed by atoms with E-state index in [1.54, 1.807) is 6.07 Å². The highest BCUT2D eigenvalue weighted by molar-refractivity contribution is 5.71. The molecule has 140 valence electrons. The Balaban J connectivity index is 0.00000225. The molecule has 0 aromatic heterocycles. The minimum absolute atomic E-state index is 0. The van der Waals surface area contributed by atoms with Gasteiger partial charge in [0.25, 0.3) is 0 Å². The normalized spacial score (nSPS) is 19.8. The molecule has 4 rings (SSSR count). The van der Waals surface area contributed by atoms with Crippen LogP contribution in [0.4, 0.5) is 4.39 Å². The fourth-order valence-electron chi connectivity index (χ4n) is 4.20.